The van der Waals surface area contributed by atoms with Crippen molar-refractivity contribution in [3.05, 3.63) is 11.8 Å². The Bertz CT molecular complexity index is 428. The fourth-order valence-corrected chi connectivity index (χ4v) is 1.33. The maximum atomic E-state index is 11.6. The van der Waals surface area contributed by atoms with E-state index in [9.17, 15) is 9.59 Å². The lowest BCUT2D eigenvalue weighted by Gasteiger charge is -2.07. The summed E-state index contributed by atoms with van der Waals surface area (Å²) < 4.78 is 11.1. The van der Waals surface area contributed by atoms with Crippen molar-refractivity contribution in [1.29, 1.82) is 0 Å². The molecule has 1 rings (SSSR count). The van der Waals surface area contributed by atoms with Gasteiger partial charge in [-0.05, 0) is 6.92 Å². The topological polar surface area (TPSA) is 82.5 Å². The van der Waals surface area contributed by atoms with Crippen LogP contribution in [-0.4, -0.2) is 42.0 Å². The smallest absolute Gasteiger partial charge is 0.343 e. The molecule has 1 aromatic rings. The number of nitrogens with one attached hydrogen (secondary N) is 1. The van der Waals surface area contributed by atoms with Crippen LogP contribution in [-0.2, 0) is 21.3 Å². The summed E-state index contributed by atoms with van der Waals surface area (Å²) in [5.41, 5.74) is 0.241. The molecule has 0 fully saturated rings. The van der Waals surface area contributed by atoms with Crippen LogP contribution >= 0.6 is 0 Å². The first-order chi connectivity index (χ1) is 8.60. The van der Waals surface area contributed by atoms with Gasteiger partial charge in [0.2, 0.25) is 5.91 Å². The second-order valence-corrected chi connectivity index (χ2v) is 3.54. The number of anilines is 1. The lowest BCUT2D eigenvalue weighted by molar-refractivity contribution is -0.117. The minimum absolute atomic E-state index is 0.212. The van der Waals surface area contributed by atoms with Crippen molar-refractivity contribution in [2.24, 2.45) is 7.05 Å². The number of ether oxygens (including phenoxy) is 2. The van der Waals surface area contributed by atoms with Gasteiger partial charge in [-0.1, -0.05) is 0 Å². The molecule has 7 nitrogen and oxygen atoms in total. The van der Waals surface area contributed by atoms with Gasteiger partial charge in [0.1, 0.15) is 11.4 Å². The maximum absolute atomic E-state index is 11.6. The molecule has 0 atom stereocenters. The Balaban J connectivity index is 2.78. The van der Waals surface area contributed by atoms with Gasteiger partial charge in [0.15, 0.2) is 0 Å². The largest absolute Gasteiger partial charge is 0.462 e. The van der Waals surface area contributed by atoms with Crippen molar-refractivity contribution in [1.82, 2.24) is 9.78 Å². The standard InChI is InChI=1S/C11H17N3O4/c1-4-18-11(16)8-7-12-14(2)10(8)13-9(15)5-6-17-3/h7H,4-6H2,1-3H3,(H,13,15). The van der Waals surface area contributed by atoms with Crippen molar-refractivity contribution in [2.75, 3.05) is 25.6 Å². The van der Waals surface area contributed by atoms with Gasteiger partial charge >= 0.3 is 5.97 Å². The second-order valence-electron chi connectivity index (χ2n) is 3.54. The van der Waals surface area contributed by atoms with Gasteiger partial charge in [-0.3, -0.25) is 9.48 Å². The molecule has 0 aromatic carbocycles. The number of carbonyl (C=O) groups is 2. The molecule has 0 aliphatic carbocycles. The van der Waals surface area contributed by atoms with Crippen LogP contribution in [0.25, 0.3) is 0 Å². The molecular formula is C11H17N3O4. The Labute approximate surface area is 105 Å². The fraction of sp³-hybridized carbons (Fsp3) is 0.545. The lowest BCUT2D eigenvalue weighted by atomic mass is 10.3. The third-order valence-electron chi connectivity index (χ3n) is 2.23. The molecule has 0 saturated carbocycles. The highest BCUT2D eigenvalue weighted by molar-refractivity contribution is 6.00. The van der Waals surface area contributed by atoms with E-state index in [0.29, 0.717) is 12.4 Å². The minimum Gasteiger partial charge on any atom is -0.462 e. The van der Waals surface area contributed by atoms with Crippen LogP contribution in [0.4, 0.5) is 5.82 Å². The molecule has 0 radical (unpaired) electrons. The van der Waals surface area contributed by atoms with E-state index in [0.717, 1.165) is 0 Å². The van der Waals surface area contributed by atoms with Crippen LogP contribution in [0.1, 0.15) is 23.7 Å². The number of aryl methyl sites for hydroxylation is 1. The summed E-state index contributed by atoms with van der Waals surface area (Å²) in [6, 6.07) is 0. The highest BCUT2D eigenvalue weighted by Gasteiger charge is 2.18. The quantitative estimate of drug-likeness (QED) is 0.751. The summed E-state index contributed by atoms with van der Waals surface area (Å²) in [4.78, 5) is 23.2. The first-order valence-electron chi connectivity index (χ1n) is 5.58. The van der Waals surface area contributed by atoms with Gasteiger partial charge in [0.25, 0.3) is 0 Å². The van der Waals surface area contributed by atoms with Crippen molar-refractivity contribution in [3.8, 4) is 0 Å². The zero-order valence-electron chi connectivity index (χ0n) is 10.7. The van der Waals surface area contributed by atoms with E-state index in [4.69, 9.17) is 9.47 Å². The third-order valence-corrected chi connectivity index (χ3v) is 2.23. The van der Waals surface area contributed by atoms with E-state index >= 15 is 0 Å². The minimum atomic E-state index is -0.507. The SMILES string of the molecule is CCOC(=O)c1cnn(C)c1NC(=O)CCOC. The van der Waals surface area contributed by atoms with E-state index < -0.39 is 5.97 Å². The first kappa shape index (κ1) is 14.2. The Morgan fingerprint density at radius 3 is 2.83 bits per heavy atom. The predicted molar refractivity (Wildman–Crippen MR) is 64.3 cm³/mol. The van der Waals surface area contributed by atoms with Gasteiger partial charge in [0.05, 0.1) is 25.8 Å². The van der Waals surface area contributed by atoms with Crippen molar-refractivity contribution < 1.29 is 19.1 Å². The van der Waals surface area contributed by atoms with Gasteiger partial charge in [-0.2, -0.15) is 5.10 Å². The van der Waals surface area contributed by atoms with Gasteiger partial charge in [-0.15, -0.1) is 0 Å². The Kier molecular flexibility index (Phi) is 5.31. The number of carbonyl (C=O) groups excluding carboxylic acids is 2. The van der Waals surface area contributed by atoms with E-state index in [1.54, 1.807) is 14.0 Å². The van der Waals surface area contributed by atoms with E-state index in [1.807, 2.05) is 0 Å². The molecule has 0 spiro atoms. The van der Waals surface area contributed by atoms with Crippen LogP contribution < -0.4 is 5.32 Å². The number of amides is 1. The predicted octanol–water partition coefficient (Wildman–Crippen LogP) is 0.572. The molecule has 0 saturated heterocycles. The van der Waals surface area contributed by atoms with Gasteiger partial charge in [0, 0.05) is 14.2 Å². The first-order valence-corrected chi connectivity index (χ1v) is 5.58. The maximum Gasteiger partial charge on any atom is 0.343 e. The van der Waals surface area contributed by atoms with Crippen molar-refractivity contribution >= 4 is 17.7 Å². The van der Waals surface area contributed by atoms with Crippen molar-refractivity contribution in [2.45, 2.75) is 13.3 Å². The lowest BCUT2D eigenvalue weighted by Crippen LogP contribution is -2.18. The molecule has 1 heterocycles. The molecule has 0 unspecified atom stereocenters. The van der Waals surface area contributed by atoms with Gasteiger partial charge in [-0.25, -0.2) is 4.79 Å². The van der Waals surface area contributed by atoms with Gasteiger partial charge < -0.3 is 14.8 Å². The Hall–Kier alpha value is -1.89. The number of rotatable bonds is 6. The molecule has 1 amide bonds. The normalized spacial score (nSPS) is 10.2. The second kappa shape index (κ2) is 6.75. The third kappa shape index (κ3) is 3.56. The summed E-state index contributed by atoms with van der Waals surface area (Å²) in [6.45, 7) is 2.30. The van der Waals surface area contributed by atoms with Crippen LogP contribution in [0.5, 0.6) is 0 Å². The monoisotopic (exact) mass is 255 g/mol. The summed E-state index contributed by atoms with van der Waals surface area (Å²) in [5, 5.41) is 6.54. The summed E-state index contributed by atoms with van der Waals surface area (Å²) in [6.07, 6.45) is 1.58. The molecule has 1 N–H and O–H groups in total. The number of esters is 1. The van der Waals surface area contributed by atoms with Crippen LogP contribution in [0, 0.1) is 0 Å². The highest BCUT2D eigenvalue weighted by Crippen LogP contribution is 2.15. The molecule has 1 aromatic heterocycles. The average Bonchev–Trinajstić information content (AvgIpc) is 2.69. The molecule has 100 valence electrons. The van der Waals surface area contributed by atoms with Crippen LogP contribution in [0.3, 0.4) is 0 Å². The Morgan fingerprint density at radius 2 is 2.22 bits per heavy atom. The molecule has 0 bridgehead atoms. The number of hydrogen-bond donors (Lipinski definition) is 1. The zero-order chi connectivity index (χ0) is 13.5. The molecule has 7 heteroatoms. The number of hydrogen-bond acceptors (Lipinski definition) is 5. The summed E-state index contributed by atoms with van der Waals surface area (Å²) >= 11 is 0. The molecule has 18 heavy (non-hydrogen) atoms. The number of aromatic nitrogens is 2. The number of nitrogens with zero attached hydrogens (tertiary/aromatic N) is 2. The van der Waals surface area contributed by atoms with E-state index in [2.05, 4.69) is 10.4 Å². The zero-order valence-corrected chi connectivity index (χ0v) is 10.7. The number of methoxy groups -OCH3 is 1. The average molecular weight is 255 g/mol. The molecule has 0 aliphatic heterocycles. The summed E-state index contributed by atoms with van der Waals surface area (Å²) in [7, 11) is 3.15. The fourth-order valence-electron chi connectivity index (χ4n) is 1.33. The van der Waals surface area contributed by atoms with Crippen LogP contribution in [0.15, 0.2) is 6.20 Å². The summed E-state index contributed by atoms with van der Waals surface area (Å²) in [5.74, 6) is -0.423. The van der Waals surface area contributed by atoms with E-state index in [1.165, 1.54) is 18.0 Å². The highest BCUT2D eigenvalue weighted by atomic mass is 16.5. The Morgan fingerprint density at radius 1 is 1.50 bits per heavy atom. The van der Waals surface area contributed by atoms with Crippen LogP contribution in [0.2, 0.25) is 0 Å². The molecule has 0 aliphatic rings. The van der Waals surface area contributed by atoms with Crippen molar-refractivity contribution in [3.63, 3.8) is 0 Å². The van der Waals surface area contributed by atoms with E-state index in [-0.39, 0.29) is 24.5 Å². The molecular weight excluding hydrogens is 238 g/mol.